The molecule has 76 valence electrons. The number of carboxylic acids is 1. The molecule has 0 radical (unpaired) electrons. The Balaban J connectivity index is 3.42. The molecule has 0 saturated heterocycles. The number of aliphatic hydroxyl groups excluding tert-OH is 1. The van der Waals surface area contributed by atoms with Gasteiger partial charge in [-0.1, -0.05) is 0 Å². The Morgan fingerprint density at radius 2 is 2.15 bits per heavy atom. The van der Waals surface area contributed by atoms with E-state index in [-0.39, 0.29) is 23.9 Å². The molecule has 0 aliphatic carbocycles. The molecule has 0 rings (SSSR count). The van der Waals surface area contributed by atoms with Gasteiger partial charge in [0.15, 0.2) is 0 Å². The molecule has 13 heavy (non-hydrogen) atoms. The summed E-state index contributed by atoms with van der Waals surface area (Å²) >= 11 is 1.15. The van der Waals surface area contributed by atoms with Crippen LogP contribution in [0.5, 0.6) is 0 Å². The summed E-state index contributed by atoms with van der Waals surface area (Å²) in [5, 5.41) is 17.3. The third kappa shape index (κ3) is 7.61. The normalized spacial score (nSPS) is 12.2. The number of hydrogen-bond donors (Lipinski definition) is 2. The van der Waals surface area contributed by atoms with Gasteiger partial charge in [0.2, 0.25) is 0 Å². The smallest absolute Gasteiger partial charge is 0.315 e. The highest BCUT2D eigenvalue weighted by Crippen LogP contribution is 2.05. The van der Waals surface area contributed by atoms with E-state index in [9.17, 15) is 9.59 Å². The van der Waals surface area contributed by atoms with E-state index in [1.807, 2.05) is 0 Å². The highest BCUT2D eigenvalue weighted by Gasteiger charge is 2.10. The molecule has 0 heterocycles. The Hall–Kier alpha value is -0.750. The molecule has 1 atom stereocenters. The summed E-state index contributed by atoms with van der Waals surface area (Å²) in [4.78, 5) is 20.7. The van der Waals surface area contributed by atoms with Crippen LogP contribution in [0.3, 0.4) is 0 Å². The number of ether oxygens (including phenoxy) is 1. The van der Waals surface area contributed by atoms with Crippen molar-refractivity contribution in [2.75, 3.05) is 18.6 Å². The molecule has 5 nitrogen and oxygen atoms in total. The zero-order valence-corrected chi connectivity index (χ0v) is 8.04. The number of hydrogen-bond acceptors (Lipinski definition) is 5. The van der Waals surface area contributed by atoms with E-state index in [2.05, 4.69) is 4.74 Å². The van der Waals surface area contributed by atoms with Crippen molar-refractivity contribution in [2.45, 2.75) is 12.5 Å². The third-order valence-electron chi connectivity index (χ3n) is 1.17. The number of rotatable bonds is 6. The molecule has 0 saturated carbocycles. The van der Waals surface area contributed by atoms with Gasteiger partial charge in [-0.3, -0.25) is 9.59 Å². The summed E-state index contributed by atoms with van der Waals surface area (Å²) < 4.78 is 4.36. The third-order valence-corrected chi connectivity index (χ3v) is 2.23. The van der Waals surface area contributed by atoms with Gasteiger partial charge in [0.05, 0.1) is 25.4 Å². The number of methoxy groups -OCH3 is 1. The van der Waals surface area contributed by atoms with Crippen LogP contribution >= 0.6 is 11.8 Å². The predicted octanol–water partition coefficient (Wildman–Crippen LogP) is -0.272. The first-order chi connectivity index (χ1) is 6.06. The van der Waals surface area contributed by atoms with Gasteiger partial charge < -0.3 is 14.9 Å². The van der Waals surface area contributed by atoms with Crippen LogP contribution in [-0.4, -0.2) is 46.9 Å². The number of carbonyl (C=O) groups excluding carboxylic acids is 1. The predicted molar refractivity (Wildman–Crippen MR) is 47.6 cm³/mol. The van der Waals surface area contributed by atoms with E-state index in [0.717, 1.165) is 11.8 Å². The molecule has 0 aliphatic rings. The lowest BCUT2D eigenvalue weighted by molar-refractivity contribution is -0.139. The SMILES string of the molecule is COC(=O)CSCC(O)CC(=O)O. The first-order valence-corrected chi connectivity index (χ1v) is 4.76. The number of thioether (sulfide) groups is 1. The Morgan fingerprint density at radius 1 is 1.54 bits per heavy atom. The minimum atomic E-state index is -1.05. The van der Waals surface area contributed by atoms with E-state index in [4.69, 9.17) is 10.2 Å². The topological polar surface area (TPSA) is 83.8 Å². The maximum Gasteiger partial charge on any atom is 0.315 e. The molecule has 2 N–H and O–H groups in total. The molecule has 0 spiro atoms. The number of carboxylic acid groups (broad SMARTS) is 1. The van der Waals surface area contributed by atoms with Gasteiger partial charge in [0.25, 0.3) is 0 Å². The molecule has 0 bridgehead atoms. The number of aliphatic carboxylic acids is 1. The number of esters is 1. The molecule has 0 amide bonds. The first-order valence-electron chi connectivity index (χ1n) is 3.60. The second kappa shape index (κ2) is 6.73. The average molecular weight is 208 g/mol. The quantitative estimate of drug-likeness (QED) is 0.584. The molecule has 0 aromatic rings. The molecule has 6 heteroatoms. The van der Waals surface area contributed by atoms with Gasteiger partial charge in [-0.15, -0.1) is 11.8 Å². The summed E-state index contributed by atoms with van der Waals surface area (Å²) in [7, 11) is 1.27. The van der Waals surface area contributed by atoms with Gasteiger partial charge in [-0.05, 0) is 0 Å². The lowest BCUT2D eigenvalue weighted by Crippen LogP contribution is -2.16. The van der Waals surface area contributed by atoms with Crippen LogP contribution < -0.4 is 0 Å². The minimum Gasteiger partial charge on any atom is -0.481 e. The van der Waals surface area contributed by atoms with E-state index in [1.165, 1.54) is 7.11 Å². The van der Waals surface area contributed by atoms with Gasteiger partial charge in [0, 0.05) is 5.75 Å². The molecular weight excluding hydrogens is 196 g/mol. The summed E-state index contributed by atoms with van der Waals surface area (Å²) in [6, 6.07) is 0. The molecule has 0 fully saturated rings. The Kier molecular flexibility index (Phi) is 6.34. The van der Waals surface area contributed by atoms with Crippen LogP contribution in [0.2, 0.25) is 0 Å². The summed E-state index contributed by atoms with van der Waals surface area (Å²) in [5.74, 6) is -1.08. The van der Waals surface area contributed by atoms with Gasteiger partial charge in [0.1, 0.15) is 0 Å². The highest BCUT2D eigenvalue weighted by atomic mass is 32.2. The summed E-state index contributed by atoms with van der Waals surface area (Å²) in [6.45, 7) is 0. The maximum absolute atomic E-state index is 10.6. The van der Waals surface area contributed by atoms with Crippen molar-refractivity contribution in [1.82, 2.24) is 0 Å². The molecule has 1 unspecified atom stereocenters. The molecule has 0 aromatic heterocycles. The van der Waals surface area contributed by atoms with Crippen LogP contribution in [0.25, 0.3) is 0 Å². The number of carbonyl (C=O) groups is 2. The van der Waals surface area contributed by atoms with Gasteiger partial charge in [-0.2, -0.15) is 0 Å². The fraction of sp³-hybridized carbons (Fsp3) is 0.714. The Labute approximate surface area is 80.1 Å². The lowest BCUT2D eigenvalue weighted by Gasteiger charge is -2.05. The highest BCUT2D eigenvalue weighted by molar-refractivity contribution is 7.99. The summed E-state index contributed by atoms with van der Waals surface area (Å²) in [5.41, 5.74) is 0. The molecule has 0 aliphatic heterocycles. The van der Waals surface area contributed by atoms with E-state index in [0.29, 0.717) is 0 Å². The van der Waals surface area contributed by atoms with Gasteiger partial charge >= 0.3 is 11.9 Å². The van der Waals surface area contributed by atoms with Crippen LogP contribution in [-0.2, 0) is 14.3 Å². The van der Waals surface area contributed by atoms with Crippen LogP contribution in [0.1, 0.15) is 6.42 Å². The standard InChI is InChI=1S/C7H12O5S/c1-12-7(11)4-13-3-5(8)2-6(9)10/h5,8H,2-4H2,1H3,(H,9,10). The van der Waals surface area contributed by atoms with Crippen LogP contribution in [0.4, 0.5) is 0 Å². The maximum atomic E-state index is 10.6. The van der Waals surface area contributed by atoms with Crippen molar-refractivity contribution in [3.63, 3.8) is 0 Å². The first kappa shape index (κ1) is 12.2. The fourth-order valence-electron chi connectivity index (χ4n) is 0.598. The minimum absolute atomic E-state index is 0.132. The zero-order chi connectivity index (χ0) is 10.3. The van der Waals surface area contributed by atoms with Crippen molar-refractivity contribution in [2.24, 2.45) is 0 Å². The van der Waals surface area contributed by atoms with Crippen molar-refractivity contribution in [3.05, 3.63) is 0 Å². The average Bonchev–Trinajstić information content (AvgIpc) is 2.02. The van der Waals surface area contributed by atoms with Crippen molar-refractivity contribution < 1.29 is 24.5 Å². The number of aliphatic hydroxyl groups is 1. The van der Waals surface area contributed by atoms with Gasteiger partial charge in [-0.25, -0.2) is 0 Å². The van der Waals surface area contributed by atoms with Crippen LogP contribution in [0, 0.1) is 0 Å². The fourth-order valence-corrected chi connectivity index (χ4v) is 1.39. The second-order valence-corrected chi connectivity index (χ2v) is 3.37. The Bertz CT molecular complexity index is 182. The lowest BCUT2D eigenvalue weighted by atomic mass is 10.3. The molecular formula is C7H12O5S. The van der Waals surface area contributed by atoms with E-state index < -0.39 is 12.1 Å². The van der Waals surface area contributed by atoms with Crippen molar-refractivity contribution in [3.8, 4) is 0 Å². The van der Waals surface area contributed by atoms with Crippen molar-refractivity contribution >= 4 is 23.7 Å². The monoisotopic (exact) mass is 208 g/mol. The largest absolute Gasteiger partial charge is 0.481 e. The second-order valence-electron chi connectivity index (χ2n) is 2.34. The Morgan fingerprint density at radius 3 is 2.62 bits per heavy atom. The molecule has 0 aromatic carbocycles. The summed E-state index contributed by atoms with van der Waals surface area (Å²) in [6.07, 6.45) is -1.21. The van der Waals surface area contributed by atoms with E-state index in [1.54, 1.807) is 0 Å². The zero-order valence-electron chi connectivity index (χ0n) is 7.23. The van der Waals surface area contributed by atoms with E-state index >= 15 is 0 Å². The van der Waals surface area contributed by atoms with Crippen molar-refractivity contribution in [1.29, 1.82) is 0 Å². The van der Waals surface area contributed by atoms with Crippen LogP contribution in [0.15, 0.2) is 0 Å².